The summed E-state index contributed by atoms with van der Waals surface area (Å²) in [5.74, 6) is 1.39. The molecule has 7 heteroatoms. The summed E-state index contributed by atoms with van der Waals surface area (Å²) in [7, 11) is 0. The lowest BCUT2D eigenvalue weighted by molar-refractivity contribution is 0.122. The fourth-order valence-corrected chi connectivity index (χ4v) is 3.10. The van der Waals surface area contributed by atoms with Gasteiger partial charge in [0.25, 0.3) is 5.95 Å². The standard InChI is InChI=1S/C18H16N6O/c1-2-5-14-13(4-1)12-24(22-14)18-20-15-6-3-7-19-16(15)17(21-18)23-8-10-25-11-9-23/h1-7,12H,8-11H2. The molecule has 0 unspecified atom stereocenters. The third-order valence-corrected chi connectivity index (χ3v) is 4.35. The molecule has 0 bridgehead atoms. The molecule has 0 radical (unpaired) electrons. The van der Waals surface area contributed by atoms with Crippen molar-refractivity contribution in [2.75, 3.05) is 31.2 Å². The molecule has 7 nitrogen and oxygen atoms in total. The molecule has 0 atom stereocenters. The monoisotopic (exact) mass is 332 g/mol. The van der Waals surface area contributed by atoms with Crippen molar-refractivity contribution in [3.05, 3.63) is 48.8 Å². The second-order valence-electron chi connectivity index (χ2n) is 5.95. The van der Waals surface area contributed by atoms with Gasteiger partial charge in [0.15, 0.2) is 5.82 Å². The van der Waals surface area contributed by atoms with E-state index in [9.17, 15) is 0 Å². The Hall–Kier alpha value is -3.06. The van der Waals surface area contributed by atoms with E-state index in [1.165, 1.54) is 0 Å². The van der Waals surface area contributed by atoms with Gasteiger partial charge in [-0.15, -0.1) is 0 Å². The molecular weight excluding hydrogens is 316 g/mol. The number of benzene rings is 1. The van der Waals surface area contributed by atoms with Crippen LogP contribution in [0.4, 0.5) is 5.82 Å². The number of anilines is 1. The molecule has 25 heavy (non-hydrogen) atoms. The maximum absolute atomic E-state index is 5.47. The van der Waals surface area contributed by atoms with Gasteiger partial charge in [-0.25, -0.2) is 9.67 Å². The summed E-state index contributed by atoms with van der Waals surface area (Å²) in [6.07, 6.45) is 3.73. The van der Waals surface area contributed by atoms with Crippen LogP contribution >= 0.6 is 0 Å². The van der Waals surface area contributed by atoms with Gasteiger partial charge in [0.2, 0.25) is 0 Å². The molecule has 0 aliphatic carbocycles. The van der Waals surface area contributed by atoms with Gasteiger partial charge < -0.3 is 9.64 Å². The van der Waals surface area contributed by atoms with Gasteiger partial charge in [0, 0.05) is 30.9 Å². The number of ether oxygens (including phenoxy) is 1. The highest BCUT2D eigenvalue weighted by molar-refractivity contribution is 5.86. The van der Waals surface area contributed by atoms with Crippen LogP contribution < -0.4 is 4.90 Å². The fraction of sp³-hybridized carbons (Fsp3) is 0.222. The van der Waals surface area contributed by atoms with E-state index in [2.05, 4.69) is 20.0 Å². The topological polar surface area (TPSA) is 69.0 Å². The molecule has 0 saturated carbocycles. The van der Waals surface area contributed by atoms with Crippen LogP contribution in [0.2, 0.25) is 0 Å². The summed E-state index contributed by atoms with van der Waals surface area (Å²) in [5, 5.41) is 5.66. The number of pyridine rings is 1. The molecule has 1 saturated heterocycles. The Morgan fingerprint density at radius 1 is 0.920 bits per heavy atom. The van der Waals surface area contributed by atoms with E-state index < -0.39 is 0 Å². The van der Waals surface area contributed by atoms with Crippen molar-refractivity contribution >= 4 is 27.8 Å². The highest BCUT2D eigenvalue weighted by Crippen LogP contribution is 2.24. The van der Waals surface area contributed by atoms with Crippen LogP contribution in [0.3, 0.4) is 0 Å². The van der Waals surface area contributed by atoms with Crippen molar-refractivity contribution in [3.8, 4) is 5.95 Å². The van der Waals surface area contributed by atoms with E-state index in [4.69, 9.17) is 9.72 Å². The van der Waals surface area contributed by atoms with Gasteiger partial charge in [-0.1, -0.05) is 18.2 Å². The van der Waals surface area contributed by atoms with E-state index in [0.29, 0.717) is 19.2 Å². The van der Waals surface area contributed by atoms with Gasteiger partial charge in [-0.2, -0.15) is 10.1 Å². The first-order chi connectivity index (χ1) is 12.4. The average Bonchev–Trinajstić information content (AvgIpc) is 3.12. The van der Waals surface area contributed by atoms with Gasteiger partial charge in [0.05, 0.1) is 24.2 Å². The summed E-state index contributed by atoms with van der Waals surface area (Å²) in [5.41, 5.74) is 2.55. The Labute approximate surface area is 143 Å². The van der Waals surface area contributed by atoms with Crippen molar-refractivity contribution in [2.45, 2.75) is 0 Å². The minimum atomic E-state index is 0.554. The van der Waals surface area contributed by atoms with Gasteiger partial charge in [0.1, 0.15) is 5.52 Å². The van der Waals surface area contributed by atoms with Crippen LogP contribution in [0.15, 0.2) is 48.8 Å². The van der Waals surface area contributed by atoms with Crippen molar-refractivity contribution in [3.63, 3.8) is 0 Å². The number of nitrogens with zero attached hydrogens (tertiary/aromatic N) is 6. The van der Waals surface area contributed by atoms with Gasteiger partial charge in [-0.05, 0) is 18.2 Å². The zero-order valence-electron chi connectivity index (χ0n) is 13.5. The molecule has 1 aliphatic heterocycles. The fourth-order valence-electron chi connectivity index (χ4n) is 3.10. The Morgan fingerprint density at radius 2 is 1.76 bits per heavy atom. The van der Waals surface area contributed by atoms with Crippen LogP contribution in [0.1, 0.15) is 0 Å². The van der Waals surface area contributed by atoms with Gasteiger partial charge >= 0.3 is 0 Å². The lowest BCUT2D eigenvalue weighted by Gasteiger charge is -2.28. The van der Waals surface area contributed by atoms with Crippen molar-refractivity contribution < 1.29 is 4.74 Å². The van der Waals surface area contributed by atoms with Gasteiger partial charge in [-0.3, -0.25) is 4.98 Å². The number of fused-ring (bicyclic) bond motifs is 2. The minimum absolute atomic E-state index is 0.554. The molecular formula is C18H16N6O. The maximum atomic E-state index is 5.47. The van der Waals surface area contributed by atoms with E-state index >= 15 is 0 Å². The van der Waals surface area contributed by atoms with Crippen molar-refractivity contribution in [2.24, 2.45) is 0 Å². The highest BCUT2D eigenvalue weighted by atomic mass is 16.5. The highest BCUT2D eigenvalue weighted by Gasteiger charge is 2.19. The largest absolute Gasteiger partial charge is 0.378 e. The molecule has 124 valence electrons. The summed E-state index contributed by atoms with van der Waals surface area (Å²) >= 11 is 0. The Kier molecular flexibility index (Phi) is 3.31. The number of aromatic nitrogens is 5. The average molecular weight is 332 g/mol. The quantitative estimate of drug-likeness (QED) is 0.560. The first-order valence-electron chi connectivity index (χ1n) is 8.29. The molecule has 5 rings (SSSR count). The predicted molar refractivity (Wildman–Crippen MR) is 95.0 cm³/mol. The first-order valence-corrected chi connectivity index (χ1v) is 8.29. The third kappa shape index (κ3) is 2.49. The van der Waals surface area contributed by atoms with E-state index in [-0.39, 0.29) is 0 Å². The second kappa shape index (κ2) is 5.78. The van der Waals surface area contributed by atoms with E-state index in [0.717, 1.165) is 40.8 Å². The zero-order chi connectivity index (χ0) is 16.6. The summed E-state index contributed by atoms with van der Waals surface area (Å²) in [6.45, 7) is 2.98. The SMILES string of the molecule is c1ccc2nn(-c3nc(N4CCOCC4)c4ncccc4n3)cc2c1. The minimum Gasteiger partial charge on any atom is -0.378 e. The Bertz CT molecular complexity index is 1020. The van der Waals surface area contributed by atoms with E-state index in [1.54, 1.807) is 10.9 Å². The normalized spacial score (nSPS) is 15.1. The number of morpholine rings is 1. The number of rotatable bonds is 2. The lowest BCUT2D eigenvalue weighted by atomic mass is 10.3. The summed E-state index contributed by atoms with van der Waals surface area (Å²) < 4.78 is 7.20. The smallest absolute Gasteiger partial charge is 0.253 e. The second-order valence-corrected chi connectivity index (χ2v) is 5.95. The lowest BCUT2D eigenvalue weighted by Crippen LogP contribution is -2.37. The number of hydrogen-bond acceptors (Lipinski definition) is 6. The molecule has 1 aliphatic rings. The summed E-state index contributed by atoms with van der Waals surface area (Å²) in [6, 6.07) is 11.8. The van der Waals surface area contributed by atoms with E-state index in [1.807, 2.05) is 42.6 Å². The molecule has 0 amide bonds. The third-order valence-electron chi connectivity index (χ3n) is 4.35. The van der Waals surface area contributed by atoms with Crippen LogP contribution in [0.5, 0.6) is 0 Å². The van der Waals surface area contributed by atoms with Crippen LogP contribution in [-0.2, 0) is 4.74 Å². The Balaban J connectivity index is 1.70. The van der Waals surface area contributed by atoms with Crippen molar-refractivity contribution in [1.29, 1.82) is 0 Å². The Morgan fingerprint density at radius 3 is 2.64 bits per heavy atom. The number of hydrogen-bond donors (Lipinski definition) is 0. The zero-order valence-corrected chi connectivity index (χ0v) is 13.5. The molecule has 0 spiro atoms. The van der Waals surface area contributed by atoms with Crippen LogP contribution in [0.25, 0.3) is 27.9 Å². The van der Waals surface area contributed by atoms with Crippen LogP contribution in [0, 0.1) is 0 Å². The maximum Gasteiger partial charge on any atom is 0.253 e. The molecule has 4 heterocycles. The van der Waals surface area contributed by atoms with Crippen molar-refractivity contribution in [1.82, 2.24) is 24.7 Å². The molecule has 1 fully saturated rings. The molecule has 3 aromatic heterocycles. The molecule has 1 aromatic carbocycles. The summed E-state index contributed by atoms with van der Waals surface area (Å²) in [4.78, 5) is 16.2. The molecule has 4 aromatic rings. The predicted octanol–water partition coefficient (Wildman–Crippen LogP) is 2.20. The van der Waals surface area contributed by atoms with Crippen LogP contribution in [-0.4, -0.2) is 51.0 Å². The first kappa shape index (κ1) is 14.3. The molecule has 0 N–H and O–H groups in total.